The lowest BCUT2D eigenvalue weighted by molar-refractivity contribution is -0.283. The van der Waals surface area contributed by atoms with Gasteiger partial charge < -0.3 is 29.5 Å². The van der Waals surface area contributed by atoms with Gasteiger partial charge in [0.2, 0.25) is 0 Å². The van der Waals surface area contributed by atoms with Crippen LogP contribution in [0.1, 0.15) is 119 Å². The maximum absolute atomic E-state index is 12.0. The summed E-state index contributed by atoms with van der Waals surface area (Å²) in [5, 5.41) is 30.9. The van der Waals surface area contributed by atoms with Crippen LogP contribution in [0.5, 0.6) is 0 Å². The molecule has 45 heavy (non-hydrogen) atoms. The molecule has 6 fully saturated rings. The first-order valence-corrected chi connectivity index (χ1v) is 18.1. The van der Waals surface area contributed by atoms with E-state index in [0.717, 1.165) is 25.7 Å². The average molecular weight is 631 g/mol. The lowest BCUT2D eigenvalue weighted by atomic mass is 9.32. The van der Waals surface area contributed by atoms with Crippen molar-refractivity contribution >= 4 is 5.97 Å². The molecular formula is C38H62O7. The van der Waals surface area contributed by atoms with E-state index in [1.807, 2.05) is 0 Å². The number of hydrogen-bond donors (Lipinski definition) is 3. The van der Waals surface area contributed by atoms with E-state index in [1.54, 1.807) is 6.92 Å². The molecule has 14 atom stereocenters. The largest absolute Gasteiger partial charge is 0.465 e. The molecule has 5 aliphatic carbocycles. The van der Waals surface area contributed by atoms with Gasteiger partial charge in [0, 0.05) is 18.8 Å². The van der Waals surface area contributed by atoms with Crippen LogP contribution in [0.3, 0.4) is 0 Å². The molecule has 1 saturated heterocycles. The first-order valence-electron chi connectivity index (χ1n) is 18.1. The van der Waals surface area contributed by atoms with Gasteiger partial charge in [-0.2, -0.15) is 0 Å². The predicted molar refractivity (Wildman–Crippen MR) is 173 cm³/mol. The average Bonchev–Trinajstić information content (AvgIpc) is 3.36. The van der Waals surface area contributed by atoms with Gasteiger partial charge in [-0.25, -0.2) is 0 Å². The Kier molecular flexibility index (Phi) is 8.71. The van der Waals surface area contributed by atoms with Gasteiger partial charge in [-0.3, -0.25) is 4.79 Å². The van der Waals surface area contributed by atoms with E-state index >= 15 is 0 Å². The van der Waals surface area contributed by atoms with Crippen LogP contribution in [0.25, 0.3) is 0 Å². The molecule has 1 heterocycles. The summed E-state index contributed by atoms with van der Waals surface area (Å²) >= 11 is 0. The Bertz CT molecular complexity index is 1150. The zero-order chi connectivity index (χ0) is 32.7. The van der Waals surface area contributed by atoms with E-state index in [0.29, 0.717) is 36.2 Å². The molecule has 256 valence electrons. The Morgan fingerprint density at radius 1 is 0.889 bits per heavy atom. The minimum Gasteiger partial charge on any atom is -0.465 e. The number of carbonyl (C=O) groups is 1. The number of rotatable bonds is 6. The van der Waals surface area contributed by atoms with Gasteiger partial charge in [-0.1, -0.05) is 46.8 Å². The second-order valence-electron chi connectivity index (χ2n) is 17.9. The lowest BCUT2D eigenvalue weighted by Crippen LogP contribution is -2.67. The third kappa shape index (κ3) is 5.02. The van der Waals surface area contributed by atoms with Gasteiger partial charge in [0.25, 0.3) is 0 Å². The van der Waals surface area contributed by atoms with Crippen molar-refractivity contribution < 1.29 is 34.3 Å². The molecule has 0 amide bonds. The molecule has 0 spiro atoms. The highest BCUT2D eigenvalue weighted by molar-refractivity contribution is 5.65. The molecule has 0 aromatic heterocycles. The zero-order valence-corrected chi connectivity index (χ0v) is 29.1. The van der Waals surface area contributed by atoms with Gasteiger partial charge in [0.1, 0.15) is 12.2 Å². The monoisotopic (exact) mass is 630 g/mol. The molecule has 1 unspecified atom stereocenters. The number of aliphatic hydroxyl groups excluding tert-OH is 3. The summed E-state index contributed by atoms with van der Waals surface area (Å²) in [6.45, 7) is 21.1. The van der Waals surface area contributed by atoms with E-state index in [2.05, 4.69) is 48.1 Å². The van der Waals surface area contributed by atoms with Gasteiger partial charge in [-0.05, 0) is 122 Å². The van der Waals surface area contributed by atoms with E-state index < -0.39 is 24.6 Å². The van der Waals surface area contributed by atoms with Gasteiger partial charge in [0.05, 0.1) is 25.4 Å². The number of carbonyl (C=O) groups excluding carboxylic acids is 1. The second kappa shape index (κ2) is 11.6. The fraction of sp³-hybridized carbons (Fsp3) is 0.921. The molecular weight excluding hydrogens is 568 g/mol. The van der Waals surface area contributed by atoms with E-state index in [-0.39, 0.29) is 52.2 Å². The summed E-state index contributed by atoms with van der Waals surface area (Å²) in [6.07, 6.45) is 8.39. The Balaban J connectivity index is 1.26. The number of aliphatic hydroxyl groups is 3. The Morgan fingerprint density at radius 2 is 1.62 bits per heavy atom. The highest BCUT2D eigenvalue weighted by atomic mass is 16.6. The van der Waals surface area contributed by atoms with E-state index in [9.17, 15) is 20.1 Å². The summed E-state index contributed by atoms with van der Waals surface area (Å²) < 4.78 is 17.9. The summed E-state index contributed by atoms with van der Waals surface area (Å²) in [7, 11) is 0. The molecule has 6 aliphatic rings. The molecule has 1 aliphatic heterocycles. The van der Waals surface area contributed by atoms with Gasteiger partial charge in [0.15, 0.2) is 6.29 Å². The van der Waals surface area contributed by atoms with Crippen LogP contribution in [0.2, 0.25) is 0 Å². The number of esters is 1. The van der Waals surface area contributed by atoms with Crippen molar-refractivity contribution in [3.05, 3.63) is 12.2 Å². The topological polar surface area (TPSA) is 105 Å². The Labute approximate surface area is 271 Å². The van der Waals surface area contributed by atoms with Crippen LogP contribution in [0.15, 0.2) is 12.2 Å². The van der Waals surface area contributed by atoms with Crippen LogP contribution >= 0.6 is 0 Å². The molecule has 7 heteroatoms. The van der Waals surface area contributed by atoms with Gasteiger partial charge >= 0.3 is 5.97 Å². The van der Waals surface area contributed by atoms with E-state index in [4.69, 9.17) is 14.2 Å². The normalized spacial score (nSPS) is 52.1. The number of ether oxygens (including phenoxy) is 3. The van der Waals surface area contributed by atoms with Crippen molar-refractivity contribution in [2.45, 2.75) is 150 Å². The molecule has 6 rings (SSSR count). The summed E-state index contributed by atoms with van der Waals surface area (Å²) in [5.41, 5.74) is 1.96. The van der Waals surface area contributed by atoms with Crippen LogP contribution in [-0.2, 0) is 19.0 Å². The maximum atomic E-state index is 12.0. The Hall–Kier alpha value is -0.990. The lowest BCUT2D eigenvalue weighted by Gasteiger charge is -2.73. The standard InChI is InChI=1S/C38H62O7/c1-22(2)24-11-16-38(21-43-23(3)40)18-17-36(7)25(32(24)38)9-10-29-35(6)14-13-30(34(4,5)28(35)12-15-37(29,36)8)44-26-19-31(41)45-27(20-39)33(26)42/h24-33,39,41-42H,1,9-21H2,2-8H3/t24-,25+,26+,27-,28-,29+,30?,31-,32+,33-,35-,36+,37+,38+/m0/s1. The quantitative estimate of drug-likeness (QED) is 0.230. The molecule has 7 nitrogen and oxygen atoms in total. The van der Waals surface area contributed by atoms with Crippen LogP contribution in [-0.4, -0.2) is 65.2 Å². The SMILES string of the molecule is C=C(C)[C@@H]1CC[C@]2(COC(C)=O)CC[C@]3(C)[C@H](CC[C@@H]4[C@@]5(C)CCC(O[C@@H]6C[C@@H](O)O[C@@H](CO)[C@H]6O)C(C)(C)[C@@H]5CC[C@]43C)[C@@H]12. The first-order chi connectivity index (χ1) is 21.0. The summed E-state index contributed by atoms with van der Waals surface area (Å²) in [6, 6.07) is 0. The third-order valence-corrected chi connectivity index (χ3v) is 15.8. The summed E-state index contributed by atoms with van der Waals surface area (Å²) in [4.78, 5) is 12.0. The molecule has 0 aromatic carbocycles. The highest BCUT2D eigenvalue weighted by Crippen LogP contribution is 2.77. The zero-order valence-electron chi connectivity index (χ0n) is 29.1. The molecule has 0 radical (unpaired) electrons. The van der Waals surface area contributed by atoms with Crippen LogP contribution < -0.4 is 0 Å². The fourth-order valence-corrected chi connectivity index (χ4v) is 13.4. The molecule has 5 saturated carbocycles. The fourth-order valence-electron chi connectivity index (χ4n) is 13.4. The van der Waals surface area contributed by atoms with Crippen molar-refractivity contribution in [1.29, 1.82) is 0 Å². The third-order valence-electron chi connectivity index (χ3n) is 15.8. The van der Waals surface area contributed by atoms with Crippen molar-refractivity contribution in [3.8, 4) is 0 Å². The maximum Gasteiger partial charge on any atom is 0.302 e. The minimum absolute atomic E-state index is 0.0254. The predicted octanol–water partition coefficient (Wildman–Crippen LogP) is 6.42. The number of hydrogen-bond acceptors (Lipinski definition) is 7. The van der Waals surface area contributed by atoms with Crippen molar-refractivity contribution in [2.24, 2.45) is 56.7 Å². The van der Waals surface area contributed by atoms with Crippen LogP contribution in [0, 0.1) is 56.7 Å². The second-order valence-corrected chi connectivity index (χ2v) is 17.9. The number of fused-ring (bicyclic) bond motifs is 7. The van der Waals surface area contributed by atoms with E-state index in [1.165, 1.54) is 44.1 Å². The molecule has 3 N–H and O–H groups in total. The van der Waals surface area contributed by atoms with Crippen molar-refractivity contribution in [2.75, 3.05) is 13.2 Å². The van der Waals surface area contributed by atoms with Crippen molar-refractivity contribution in [3.63, 3.8) is 0 Å². The number of allylic oxidation sites excluding steroid dienone is 1. The highest BCUT2D eigenvalue weighted by Gasteiger charge is 2.71. The first kappa shape index (κ1) is 33.9. The van der Waals surface area contributed by atoms with Gasteiger partial charge in [-0.15, -0.1) is 0 Å². The van der Waals surface area contributed by atoms with Crippen molar-refractivity contribution in [1.82, 2.24) is 0 Å². The summed E-state index contributed by atoms with van der Waals surface area (Å²) in [5.74, 6) is 2.62. The van der Waals surface area contributed by atoms with Crippen LogP contribution in [0.4, 0.5) is 0 Å². The molecule has 0 bridgehead atoms. The minimum atomic E-state index is -1.04. The smallest absolute Gasteiger partial charge is 0.302 e. The Morgan fingerprint density at radius 3 is 2.29 bits per heavy atom. The molecule has 0 aromatic rings.